The van der Waals surface area contributed by atoms with Crippen LogP contribution in [0.25, 0.3) is 21.8 Å². The molecule has 10 heteroatoms. The first kappa shape index (κ1) is 25.6. The Balaban J connectivity index is 1.28. The zero-order chi connectivity index (χ0) is 26.5. The molecule has 0 saturated carbocycles. The molecule has 38 heavy (non-hydrogen) atoms. The maximum atomic E-state index is 11.4. The molecule has 2 heterocycles. The molecule has 2 aromatic heterocycles. The largest absolute Gasteiger partial charge is 0.492 e. The van der Waals surface area contributed by atoms with Crippen molar-refractivity contribution in [2.75, 3.05) is 44.1 Å². The van der Waals surface area contributed by atoms with Crippen molar-refractivity contribution in [3.63, 3.8) is 0 Å². The van der Waals surface area contributed by atoms with E-state index in [0.29, 0.717) is 37.8 Å². The lowest BCUT2D eigenvalue weighted by molar-refractivity contribution is 0.244. The van der Waals surface area contributed by atoms with Gasteiger partial charge in [0.05, 0.1) is 29.5 Å². The molecular formula is C28H30N6O3S. The molecule has 5 aromatic rings. The number of hydrogen-bond donors (Lipinski definition) is 1. The number of anilines is 2. The molecule has 0 radical (unpaired) electrons. The molecule has 0 aliphatic rings. The Kier molecular flexibility index (Phi) is 7.52. The third kappa shape index (κ3) is 6.45. The van der Waals surface area contributed by atoms with Crippen molar-refractivity contribution in [1.82, 2.24) is 24.6 Å². The standard InChI is InChI=1S/C28H30N6O3S/c1-33(13-15-38(2,35)36)12-14-37-24-9-10-26-25(17-24)28(30-20-29-26)32-23-8-11-27-22(16-23)18-31-34(27)19-21-6-4-3-5-7-21/h3-11,16-18,20H,12-15,19H2,1-2H3,(H,29,30,32). The van der Waals surface area contributed by atoms with Crippen molar-refractivity contribution in [1.29, 1.82) is 0 Å². The summed E-state index contributed by atoms with van der Waals surface area (Å²) in [4.78, 5) is 10.8. The van der Waals surface area contributed by atoms with E-state index in [4.69, 9.17) is 4.74 Å². The molecule has 0 fully saturated rings. The molecule has 0 bridgehead atoms. The lowest BCUT2D eigenvalue weighted by atomic mass is 10.2. The maximum absolute atomic E-state index is 11.4. The zero-order valence-electron chi connectivity index (χ0n) is 21.4. The summed E-state index contributed by atoms with van der Waals surface area (Å²) in [5.74, 6) is 1.51. The lowest BCUT2D eigenvalue weighted by Crippen LogP contribution is -2.29. The highest BCUT2D eigenvalue weighted by atomic mass is 32.2. The van der Waals surface area contributed by atoms with Crippen molar-refractivity contribution in [2.24, 2.45) is 0 Å². The van der Waals surface area contributed by atoms with Crippen molar-refractivity contribution >= 4 is 43.1 Å². The van der Waals surface area contributed by atoms with Gasteiger partial charge in [0.2, 0.25) is 0 Å². The SMILES string of the molecule is CN(CCOc1ccc2ncnc(Nc3ccc4c(cnn4Cc4ccccc4)c3)c2c1)CCS(C)(=O)=O. The van der Waals surface area contributed by atoms with E-state index in [0.717, 1.165) is 27.5 Å². The van der Waals surface area contributed by atoms with Crippen LogP contribution in [0.15, 0.2) is 79.3 Å². The van der Waals surface area contributed by atoms with Gasteiger partial charge in [0.15, 0.2) is 0 Å². The molecule has 0 aliphatic carbocycles. The van der Waals surface area contributed by atoms with E-state index in [9.17, 15) is 8.42 Å². The van der Waals surface area contributed by atoms with Gasteiger partial charge < -0.3 is 15.0 Å². The van der Waals surface area contributed by atoms with Crippen LogP contribution in [-0.2, 0) is 16.4 Å². The number of nitrogens with one attached hydrogen (secondary N) is 1. The van der Waals surface area contributed by atoms with Crippen LogP contribution in [-0.4, -0.2) is 71.8 Å². The minimum absolute atomic E-state index is 0.130. The van der Waals surface area contributed by atoms with Gasteiger partial charge in [-0.3, -0.25) is 4.68 Å². The van der Waals surface area contributed by atoms with Gasteiger partial charge in [-0.05, 0) is 49.0 Å². The third-order valence-corrected chi connectivity index (χ3v) is 7.20. The summed E-state index contributed by atoms with van der Waals surface area (Å²) in [6, 6.07) is 22.1. The predicted molar refractivity (Wildman–Crippen MR) is 151 cm³/mol. The van der Waals surface area contributed by atoms with Crippen LogP contribution in [0.1, 0.15) is 5.56 Å². The number of likely N-dealkylation sites (N-methyl/N-ethyl adjacent to an activating group) is 1. The van der Waals surface area contributed by atoms with Crippen molar-refractivity contribution in [3.05, 3.63) is 84.8 Å². The number of benzene rings is 3. The van der Waals surface area contributed by atoms with E-state index in [2.05, 4.69) is 44.6 Å². The molecule has 1 N–H and O–H groups in total. The number of hydrogen-bond acceptors (Lipinski definition) is 8. The molecule has 196 valence electrons. The Labute approximate surface area is 222 Å². The minimum atomic E-state index is -2.98. The molecule has 5 rings (SSSR count). The normalized spacial score (nSPS) is 11.9. The highest BCUT2D eigenvalue weighted by molar-refractivity contribution is 7.90. The fourth-order valence-electron chi connectivity index (χ4n) is 4.16. The smallest absolute Gasteiger partial charge is 0.148 e. The van der Waals surface area contributed by atoms with Gasteiger partial charge in [0.25, 0.3) is 0 Å². The van der Waals surface area contributed by atoms with E-state index < -0.39 is 9.84 Å². The van der Waals surface area contributed by atoms with Gasteiger partial charge in [-0.25, -0.2) is 18.4 Å². The molecular weight excluding hydrogens is 500 g/mol. The van der Waals surface area contributed by atoms with Crippen LogP contribution in [0.5, 0.6) is 5.75 Å². The third-order valence-electron chi connectivity index (χ3n) is 6.27. The summed E-state index contributed by atoms with van der Waals surface area (Å²) < 4.78 is 30.7. The summed E-state index contributed by atoms with van der Waals surface area (Å²) in [6.07, 6.45) is 4.66. The summed E-state index contributed by atoms with van der Waals surface area (Å²) in [5, 5.41) is 9.88. The Hall–Kier alpha value is -4.02. The first-order valence-corrected chi connectivity index (χ1v) is 14.4. The fourth-order valence-corrected chi connectivity index (χ4v) is 4.81. The zero-order valence-corrected chi connectivity index (χ0v) is 22.2. The van der Waals surface area contributed by atoms with Crippen LogP contribution >= 0.6 is 0 Å². The van der Waals surface area contributed by atoms with E-state index in [-0.39, 0.29) is 5.75 Å². The Morgan fingerprint density at radius 3 is 2.66 bits per heavy atom. The van der Waals surface area contributed by atoms with Crippen LogP contribution in [0.3, 0.4) is 0 Å². The van der Waals surface area contributed by atoms with Crippen LogP contribution in [0.4, 0.5) is 11.5 Å². The van der Waals surface area contributed by atoms with E-state index in [1.165, 1.54) is 11.8 Å². The second-order valence-electron chi connectivity index (χ2n) is 9.37. The van der Waals surface area contributed by atoms with Gasteiger partial charge in [-0.15, -0.1) is 0 Å². The van der Waals surface area contributed by atoms with Gasteiger partial charge in [-0.2, -0.15) is 5.10 Å². The van der Waals surface area contributed by atoms with Crippen molar-refractivity contribution < 1.29 is 13.2 Å². The van der Waals surface area contributed by atoms with Crippen molar-refractivity contribution in [3.8, 4) is 5.75 Å². The van der Waals surface area contributed by atoms with E-state index >= 15 is 0 Å². The molecule has 9 nitrogen and oxygen atoms in total. The monoisotopic (exact) mass is 530 g/mol. The van der Waals surface area contributed by atoms with Crippen molar-refractivity contribution in [2.45, 2.75) is 6.54 Å². The average Bonchev–Trinajstić information content (AvgIpc) is 3.30. The van der Waals surface area contributed by atoms with Crippen LogP contribution < -0.4 is 10.1 Å². The molecule has 3 aromatic carbocycles. The quantitative estimate of drug-likeness (QED) is 0.272. The highest BCUT2D eigenvalue weighted by Crippen LogP contribution is 2.28. The van der Waals surface area contributed by atoms with Gasteiger partial charge >= 0.3 is 0 Å². The van der Waals surface area contributed by atoms with Gasteiger partial charge in [0.1, 0.15) is 34.3 Å². The Morgan fingerprint density at radius 2 is 1.84 bits per heavy atom. The summed E-state index contributed by atoms with van der Waals surface area (Å²) in [7, 11) is -1.10. The number of ether oxygens (including phenoxy) is 1. The number of aromatic nitrogens is 4. The predicted octanol–water partition coefficient (Wildman–Crippen LogP) is 4.13. The molecule has 0 aliphatic heterocycles. The lowest BCUT2D eigenvalue weighted by Gasteiger charge is -2.16. The summed E-state index contributed by atoms with van der Waals surface area (Å²) in [6.45, 7) is 2.23. The molecule has 0 unspecified atom stereocenters. The molecule has 0 spiro atoms. The van der Waals surface area contributed by atoms with E-state index in [1.54, 1.807) is 6.33 Å². The Bertz CT molecular complexity index is 1650. The number of nitrogens with zero attached hydrogens (tertiary/aromatic N) is 5. The highest BCUT2D eigenvalue weighted by Gasteiger charge is 2.10. The number of sulfone groups is 1. The van der Waals surface area contributed by atoms with E-state index in [1.807, 2.05) is 65.3 Å². The summed E-state index contributed by atoms with van der Waals surface area (Å²) in [5.41, 5.74) is 3.96. The second-order valence-corrected chi connectivity index (χ2v) is 11.6. The molecule has 0 atom stereocenters. The molecule has 0 amide bonds. The van der Waals surface area contributed by atoms with Crippen LogP contribution in [0, 0.1) is 0 Å². The number of fused-ring (bicyclic) bond motifs is 2. The molecule has 0 saturated heterocycles. The van der Waals surface area contributed by atoms with Crippen LogP contribution in [0.2, 0.25) is 0 Å². The summed E-state index contributed by atoms with van der Waals surface area (Å²) >= 11 is 0. The number of rotatable bonds is 11. The first-order valence-electron chi connectivity index (χ1n) is 12.3. The topological polar surface area (TPSA) is 102 Å². The fraction of sp³-hybridized carbons (Fsp3) is 0.250. The second kappa shape index (κ2) is 11.2. The first-order chi connectivity index (χ1) is 18.3. The van der Waals surface area contributed by atoms with Gasteiger partial charge in [-0.1, -0.05) is 30.3 Å². The maximum Gasteiger partial charge on any atom is 0.148 e. The average molecular weight is 531 g/mol. The van der Waals surface area contributed by atoms with Gasteiger partial charge in [0, 0.05) is 35.8 Å². The minimum Gasteiger partial charge on any atom is -0.492 e. The Morgan fingerprint density at radius 1 is 1.00 bits per heavy atom.